The summed E-state index contributed by atoms with van der Waals surface area (Å²) in [6.07, 6.45) is 0.968. The molecule has 0 aliphatic carbocycles. The first-order valence-electron chi connectivity index (χ1n) is 5.90. The summed E-state index contributed by atoms with van der Waals surface area (Å²) in [4.78, 5) is 11.7. The maximum atomic E-state index is 11.7. The third kappa shape index (κ3) is 5.94. The fourth-order valence-electron chi connectivity index (χ4n) is 1.47. The van der Waals surface area contributed by atoms with Crippen LogP contribution in [0.2, 0.25) is 0 Å². The third-order valence-corrected chi connectivity index (χ3v) is 2.55. The quantitative estimate of drug-likeness (QED) is 0.731. The summed E-state index contributed by atoms with van der Waals surface area (Å²) < 4.78 is 0. The Kier molecular flexibility index (Phi) is 4.78. The van der Waals surface area contributed by atoms with Crippen molar-refractivity contribution in [3.05, 3.63) is 12.2 Å². The van der Waals surface area contributed by atoms with Crippen LogP contribution in [0.1, 0.15) is 54.9 Å². The molecule has 0 spiro atoms. The molecule has 0 bridgehead atoms. The number of carbonyl (C=O) groups excluding carboxylic acids is 1. The first kappa shape index (κ1) is 15.2. The molecule has 0 radical (unpaired) electrons. The van der Waals surface area contributed by atoms with Gasteiger partial charge in [0.05, 0.1) is 0 Å². The molecule has 94 valence electrons. The first-order chi connectivity index (χ1) is 6.93. The summed E-state index contributed by atoms with van der Waals surface area (Å²) in [5.74, 6) is -0.0378. The molecule has 16 heavy (non-hydrogen) atoms. The predicted molar refractivity (Wildman–Crippen MR) is 70.3 cm³/mol. The second kappa shape index (κ2) is 5.03. The summed E-state index contributed by atoms with van der Waals surface area (Å²) in [6, 6.07) is 0.177. The molecule has 2 nitrogen and oxygen atoms in total. The second-order valence-electron chi connectivity index (χ2n) is 6.94. The molecule has 0 aromatic carbocycles. The number of nitrogens with one attached hydrogen (secondary N) is 1. The van der Waals surface area contributed by atoms with Gasteiger partial charge in [-0.15, -0.1) is 0 Å². The SMILES string of the molecule is C=C(C)C(=O)NC(CC(C)(C)C)C(C)(C)C. The van der Waals surface area contributed by atoms with E-state index in [1.807, 2.05) is 0 Å². The molecular formula is C14H27NO. The van der Waals surface area contributed by atoms with Crippen molar-refractivity contribution in [1.29, 1.82) is 0 Å². The van der Waals surface area contributed by atoms with Crippen molar-refractivity contribution in [2.75, 3.05) is 0 Å². The Morgan fingerprint density at radius 1 is 1.19 bits per heavy atom. The van der Waals surface area contributed by atoms with Crippen molar-refractivity contribution in [2.24, 2.45) is 10.8 Å². The molecule has 0 aromatic rings. The lowest BCUT2D eigenvalue weighted by Crippen LogP contribution is -2.46. The molecule has 0 saturated carbocycles. The zero-order valence-corrected chi connectivity index (χ0v) is 11.9. The van der Waals surface area contributed by atoms with Gasteiger partial charge in [-0.05, 0) is 24.2 Å². The highest BCUT2D eigenvalue weighted by Gasteiger charge is 2.30. The number of hydrogen-bond acceptors (Lipinski definition) is 1. The van der Waals surface area contributed by atoms with Crippen molar-refractivity contribution in [3.8, 4) is 0 Å². The van der Waals surface area contributed by atoms with E-state index >= 15 is 0 Å². The molecule has 1 unspecified atom stereocenters. The summed E-state index contributed by atoms with van der Waals surface area (Å²) >= 11 is 0. The molecule has 0 heterocycles. The third-order valence-electron chi connectivity index (χ3n) is 2.55. The van der Waals surface area contributed by atoms with Crippen molar-refractivity contribution >= 4 is 5.91 Å². The van der Waals surface area contributed by atoms with Crippen LogP contribution in [0.4, 0.5) is 0 Å². The van der Waals surface area contributed by atoms with Crippen LogP contribution >= 0.6 is 0 Å². The molecule has 2 heteroatoms. The average Bonchev–Trinajstić information content (AvgIpc) is 1.98. The van der Waals surface area contributed by atoms with E-state index < -0.39 is 0 Å². The van der Waals surface area contributed by atoms with Gasteiger partial charge in [0.1, 0.15) is 0 Å². The Balaban J connectivity index is 4.71. The van der Waals surface area contributed by atoms with Crippen LogP contribution in [0.25, 0.3) is 0 Å². The van der Waals surface area contributed by atoms with Gasteiger partial charge in [0, 0.05) is 11.6 Å². The van der Waals surface area contributed by atoms with E-state index in [4.69, 9.17) is 0 Å². The van der Waals surface area contributed by atoms with Gasteiger partial charge < -0.3 is 5.32 Å². The average molecular weight is 225 g/mol. The topological polar surface area (TPSA) is 29.1 Å². The zero-order chi connectivity index (χ0) is 13.1. The Labute approximate surface area is 101 Å². The van der Waals surface area contributed by atoms with Crippen LogP contribution in [-0.4, -0.2) is 11.9 Å². The van der Waals surface area contributed by atoms with Crippen LogP contribution in [0, 0.1) is 10.8 Å². The van der Waals surface area contributed by atoms with E-state index in [2.05, 4.69) is 53.4 Å². The van der Waals surface area contributed by atoms with Crippen LogP contribution in [0.3, 0.4) is 0 Å². The van der Waals surface area contributed by atoms with Crippen molar-refractivity contribution in [2.45, 2.75) is 60.9 Å². The second-order valence-corrected chi connectivity index (χ2v) is 6.94. The molecule has 0 aliphatic heterocycles. The van der Waals surface area contributed by atoms with Gasteiger partial charge in [-0.2, -0.15) is 0 Å². The van der Waals surface area contributed by atoms with E-state index in [0.717, 1.165) is 6.42 Å². The van der Waals surface area contributed by atoms with Crippen LogP contribution in [0.15, 0.2) is 12.2 Å². The largest absolute Gasteiger partial charge is 0.349 e. The van der Waals surface area contributed by atoms with Gasteiger partial charge in [0.25, 0.3) is 0 Å². The highest BCUT2D eigenvalue weighted by atomic mass is 16.1. The Morgan fingerprint density at radius 3 is 1.88 bits per heavy atom. The van der Waals surface area contributed by atoms with Gasteiger partial charge >= 0.3 is 0 Å². The molecule has 1 N–H and O–H groups in total. The van der Waals surface area contributed by atoms with Gasteiger partial charge in [0.2, 0.25) is 5.91 Å². The monoisotopic (exact) mass is 225 g/mol. The highest BCUT2D eigenvalue weighted by molar-refractivity contribution is 5.92. The number of amides is 1. The van der Waals surface area contributed by atoms with E-state index in [-0.39, 0.29) is 22.8 Å². The van der Waals surface area contributed by atoms with Gasteiger partial charge in [0.15, 0.2) is 0 Å². The molecule has 0 fully saturated rings. The fraction of sp³-hybridized carbons (Fsp3) is 0.786. The van der Waals surface area contributed by atoms with Crippen LogP contribution in [-0.2, 0) is 4.79 Å². The Hall–Kier alpha value is -0.790. The maximum Gasteiger partial charge on any atom is 0.246 e. The summed E-state index contributed by atoms with van der Waals surface area (Å²) in [5, 5.41) is 3.07. The van der Waals surface area contributed by atoms with Crippen molar-refractivity contribution in [1.82, 2.24) is 5.32 Å². The standard InChI is InChI=1S/C14H27NO/c1-10(2)12(16)15-11(14(6,7)8)9-13(3,4)5/h11H,1,9H2,2-8H3,(H,15,16). The molecule has 0 rings (SSSR count). The Bertz CT molecular complexity index is 265. The summed E-state index contributed by atoms with van der Waals surface area (Å²) in [6.45, 7) is 18.5. The molecular weight excluding hydrogens is 198 g/mol. The van der Waals surface area contributed by atoms with Gasteiger partial charge in [-0.3, -0.25) is 4.79 Å². The van der Waals surface area contributed by atoms with Crippen molar-refractivity contribution < 1.29 is 4.79 Å². The maximum absolute atomic E-state index is 11.7. The van der Waals surface area contributed by atoms with Gasteiger partial charge in [-0.25, -0.2) is 0 Å². The minimum Gasteiger partial charge on any atom is -0.349 e. The van der Waals surface area contributed by atoms with Crippen molar-refractivity contribution in [3.63, 3.8) is 0 Å². The van der Waals surface area contributed by atoms with E-state index in [0.29, 0.717) is 5.57 Å². The minimum atomic E-state index is -0.0378. The van der Waals surface area contributed by atoms with Crippen LogP contribution < -0.4 is 5.32 Å². The fourth-order valence-corrected chi connectivity index (χ4v) is 1.47. The first-order valence-corrected chi connectivity index (χ1v) is 5.90. The summed E-state index contributed by atoms with van der Waals surface area (Å²) in [7, 11) is 0. The number of carbonyl (C=O) groups is 1. The Morgan fingerprint density at radius 2 is 1.62 bits per heavy atom. The summed E-state index contributed by atoms with van der Waals surface area (Å²) in [5.41, 5.74) is 0.849. The molecule has 0 aromatic heterocycles. The lowest BCUT2D eigenvalue weighted by Gasteiger charge is -2.36. The molecule has 1 amide bonds. The smallest absolute Gasteiger partial charge is 0.246 e. The minimum absolute atomic E-state index is 0.0378. The lowest BCUT2D eigenvalue weighted by molar-refractivity contribution is -0.119. The predicted octanol–water partition coefficient (Wildman–Crippen LogP) is 3.53. The van der Waals surface area contributed by atoms with E-state index in [1.165, 1.54) is 0 Å². The lowest BCUT2D eigenvalue weighted by atomic mass is 9.77. The van der Waals surface area contributed by atoms with Crippen LogP contribution in [0.5, 0.6) is 0 Å². The van der Waals surface area contributed by atoms with Gasteiger partial charge in [-0.1, -0.05) is 48.1 Å². The number of rotatable bonds is 3. The molecule has 0 saturated heterocycles. The molecule has 0 aliphatic rings. The normalized spacial score (nSPS) is 14.4. The van der Waals surface area contributed by atoms with E-state index in [9.17, 15) is 4.79 Å². The highest BCUT2D eigenvalue weighted by Crippen LogP contribution is 2.30. The number of hydrogen-bond donors (Lipinski definition) is 1. The van der Waals surface area contributed by atoms with E-state index in [1.54, 1.807) is 6.92 Å². The zero-order valence-electron chi connectivity index (χ0n) is 11.9. The molecule has 1 atom stereocenters.